The van der Waals surface area contributed by atoms with Crippen LogP contribution < -0.4 is 5.32 Å². The normalized spacial score (nSPS) is 12.5. The van der Waals surface area contributed by atoms with Crippen molar-refractivity contribution in [1.82, 2.24) is 19.9 Å². The molecule has 102 valence electrons. The largest absolute Gasteiger partial charge is 0.338 e. The summed E-state index contributed by atoms with van der Waals surface area (Å²) in [5, 5.41) is 3.54. The SMILES string of the molecule is CCNC(CCc1nccn1C)Cc1ccccn1. The predicted molar refractivity (Wildman–Crippen MR) is 76.9 cm³/mol. The summed E-state index contributed by atoms with van der Waals surface area (Å²) in [5.74, 6) is 1.14. The summed E-state index contributed by atoms with van der Waals surface area (Å²) in [4.78, 5) is 8.78. The van der Waals surface area contributed by atoms with Gasteiger partial charge in [0.1, 0.15) is 5.82 Å². The highest BCUT2D eigenvalue weighted by molar-refractivity contribution is 5.05. The molecule has 19 heavy (non-hydrogen) atoms. The van der Waals surface area contributed by atoms with Gasteiger partial charge in [-0.15, -0.1) is 0 Å². The fraction of sp³-hybridized carbons (Fsp3) is 0.467. The van der Waals surface area contributed by atoms with E-state index in [4.69, 9.17) is 0 Å². The molecule has 0 fully saturated rings. The zero-order valence-corrected chi connectivity index (χ0v) is 11.7. The topological polar surface area (TPSA) is 42.7 Å². The van der Waals surface area contributed by atoms with Crippen molar-refractivity contribution >= 4 is 0 Å². The smallest absolute Gasteiger partial charge is 0.108 e. The summed E-state index contributed by atoms with van der Waals surface area (Å²) in [7, 11) is 2.04. The van der Waals surface area contributed by atoms with Crippen LogP contribution >= 0.6 is 0 Å². The summed E-state index contributed by atoms with van der Waals surface area (Å²) in [5.41, 5.74) is 1.15. The molecule has 2 heterocycles. The minimum absolute atomic E-state index is 0.455. The van der Waals surface area contributed by atoms with Crippen molar-refractivity contribution in [1.29, 1.82) is 0 Å². The molecule has 0 aliphatic carbocycles. The van der Waals surface area contributed by atoms with Gasteiger partial charge in [0.05, 0.1) is 0 Å². The highest BCUT2D eigenvalue weighted by Gasteiger charge is 2.10. The van der Waals surface area contributed by atoms with Gasteiger partial charge < -0.3 is 9.88 Å². The van der Waals surface area contributed by atoms with E-state index in [1.807, 2.05) is 37.8 Å². The molecule has 0 amide bonds. The summed E-state index contributed by atoms with van der Waals surface area (Å²) >= 11 is 0. The number of pyridine rings is 1. The Morgan fingerprint density at radius 2 is 2.16 bits per heavy atom. The number of hydrogen-bond donors (Lipinski definition) is 1. The molecule has 0 aromatic carbocycles. The Bertz CT molecular complexity index is 478. The van der Waals surface area contributed by atoms with E-state index in [-0.39, 0.29) is 0 Å². The number of nitrogens with one attached hydrogen (secondary N) is 1. The van der Waals surface area contributed by atoms with Crippen molar-refractivity contribution in [2.45, 2.75) is 32.2 Å². The summed E-state index contributed by atoms with van der Waals surface area (Å²) in [6.45, 7) is 3.13. The van der Waals surface area contributed by atoms with E-state index in [0.717, 1.165) is 37.3 Å². The Hall–Kier alpha value is -1.68. The first kappa shape index (κ1) is 13.7. The lowest BCUT2D eigenvalue weighted by molar-refractivity contribution is 0.479. The first-order valence-corrected chi connectivity index (χ1v) is 6.89. The maximum absolute atomic E-state index is 4.40. The first-order valence-electron chi connectivity index (χ1n) is 6.89. The van der Waals surface area contributed by atoms with Crippen molar-refractivity contribution in [2.24, 2.45) is 7.05 Å². The molecule has 0 spiro atoms. The zero-order valence-electron chi connectivity index (χ0n) is 11.7. The predicted octanol–water partition coefficient (Wildman–Crippen LogP) is 1.97. The van der Waals surface area contributed by atoms with Gasteiger partial charge >= 0.3 is 0 Å². The molecule has 1 unspecified atom stereocenters. The van der Waals surface area contributed by atoms with E-state index >= 15 is 0 Å². The lowest BCUT2D eigenvalue weighted by atomic mass is 10.0. The van der Waals surface area contributed by atoms with Crippen LogP contribution in [0, 0.1) is 0 Å². The second kappa shape index (κ2) is 7.04. The molecule has 0 aliphatic heterocycles. The molecule has 4 heteroatoms. The number of imidazole rings is 1. The van der Waals surface area contributed by atoms with Crippen molar-refractivity contribution < 1.29 is 0 Å². The molecule has 1 N–H and O–H groups in total. The molecule has 1 atom stereocenters. The van der Waals surface area contributed by atoms with Crippen molar-refractivity contribution in [3.63, 3.8) is 0 Å². The van der Waals surface area contributed by atoms with Crippen LogP contribution in [0.4, 0.5) is 0 Å². The van der Waals surface area contributed by atoms with Crippen LogP contribution in [-0.2, 0) is 19.9 Å². The molecular formula is C15H22N4. The third-order valence-corrected chi connectivity index (χ3v) is 3.31. The van der Waals surface area contributed by atoms with Gasteiger partial charge in [-0.25, -0.2) is 4.98 Å². The molecule has 0 bridgehead atoms. The summed E-state index contributed by atoms with van der Waals surface area (Å²) in [6.07, 6.45) is 8.76. The summed E-state index contributed by atoms with van der Waals surface area (Å²) < 4.78 is 2.09. The Morgan fingerprint density at radius 3 is 2.79 bits per heavy atom. The van der Waals surface area contributed by atoms with Gasteiger partial charge in [0.25, 0.3) is 0 Å². The Kier molecular flexibility index (Phi) is 5.10. The van der Waals surface area contributed by atoms with E-state index in [1.165, 1.54) is 0 Å². The number of hydrogen-bond acceptors (Lipinski definition) is 3. The molecule has 0 saturated carbocycles. The van der Waals surface area contributed by atoms with Crippen LogP contribution in [0.1, 0.15) is 24.9 Å². The number of rotatable bonds is 7. The van der Waals surface area contributed by atoms with Gasteiger partial charge in [0, 0.05) is 50.2 Å². The van der Waals surface area contributed by atoms with Crippen molar-refractivity contribution in [3.05, 3.63) is 48.3 Å². The van der Waals surface area contributed by atoms with Gasteiger partial charge in [-0.05, 0) is 25.1 Å². The minimum Gasteiger partial charge on any atom is -0.338 e. The lowest BCUT2D eigenvalue weighted by Crippen LogP contribution is -2.32. The summed E-state index contributed by atoms with van der Waals surface area (Å²) in [6, 6.07) is 6.55. The van der Waals surface area contributed by atoms with Crippen LogP contribution in [0.25, 0.3) is 0 Å². The first-order chi connectivity index (χ1) is 9.29. The van der Waals surface area contributed by atoms with Crippen LogP contribution in [-0.4, -0.2) is 27.1 Å². The van der Waals surface area contributed by atoms with Gasteiger partial charge in [-0.1, -0.05) is 13.0 Å². The third kappa shape index (κ3) is 4.17. The van der Waals surface area contributed by atoms with Crippen LogP contribution in [0.5, 0.6) is 0 Å². The highest BCUT2D eigenvalue weighted by Crippen LogP contribution is 2.07. The molecule has 0 aliphatic rings. The van der Waals surface area contributed by atoms with E-state index in [2.05, 4.69) is 32.8 Å². The zero-order chi connectivity index (χ0) is 13.5. The number of aryl methyl sites for hydroxylation is 2. The van der Waals surface area contributed by atoms with Crippen molar-refractivity contribution in [3.8, 4) is 0 Å². The van der Waals surface area contributed by atoms with E-state index in [9.17, 15) is 0 Å². The van der Waals surface area contributed by atoms with Crippen LogP contribution in [0.3, 0.4) is 0 Å². The van der Waals surface area contributed by atoms with E-state index in [0.29, 0.717) is 6.04 Å². The monoisotopic (exact) mass is 258 g/mol. The second-order valence-corrected chi connectivity index (χ2v) is 4.77. The Balaban J connectivity index is 1.91. The molecule has 2 aromatic rings. The average Bonchev–Trinajstić information content (AvgIpc) is 2.83. The maximum Gasteiger partial charge on any atom is 0.108 e. The molecule has 0 saturated heterocycles. The van der Waals surface area contributed by atoms with E-state index in [1.54, 1.807) is 0 Å². The van der Waals surface area contributed by atoms with Crippen molar-refractivity contribution in [2.75, 3.05) is 6.54 Å². The van der Waals surface area contributed by atoms with Crippen LogP contribution in [0.2, 0.25) is 0 Å². The maximum atomic E-state index is 4.40. The third-order valence-electron chi connectivity index (χ3n) is 3.31. The molecule has 0 radical (unpaired) electrons. The average molecular weight is 258 g/mol. The molecule has 4 nitrogen and oxygen atoms in total. The number of aromatic nitrogens is 3. The van der Waals surface area contributed by atoms with E-state index < -0.39 is 0 Å². The fourth-order valence-electron chi connectivity index (χ4n) is 2.28. The fourth-order valence-corrected chi connectivity index (χ4v) is 2.28. The van der Waals surface area contributed by atoms with Gasteiger partial charge in [0.15, 0.2) is 0 Å². The quantitative estimate of drug-likeness (QED) is 0.825. The standard InChI is InChI=1S/C15H22N4/c1-3-16-14(12-13-6-4-5-9-17-13)7-8-15-18-10-11-19(15)2/h4-6,9-11,14,16H,3,7-8,12H2,1-2H3. The minimum atomic E-state index is 0.455. The second-order valence-electron chi connectivity index (χ2n) is 4.77. The molecule has 2 rings (SSSR count). The van der Waals surface area contributed by atoms with Gasteiger partial charge in [-0.3, -0.25) is 4.98 Å². The lowest BCUT2D eigenvalue weighted by Gasteiger charge is -2.17. The van der Waals surface area contributed by atoms with Crippen LogP contribution in [0.15, 0.2) is 36.8 Å². The van der Waals surface area contributed by atoms with Gasteiger partial charge in [-0.2, -0.15) is 0 Å². The Morgan fingerprint density at radius 1 is 1.26 bits per heavy atom. The van der Waals surface area contributed by atoms with Gasteiger partial charge in [0.2, 0.25) is 0 Å². The molecular weight excluding hydrogens is 236 g/mol. The highest BCUT2D eigenvalue weighted by atomic mass is 15.0. The number of nitrogens with zero attached hydrogens (tertiary/aromatic N) is 3. The number of likely N-dealkylation sites (N-methyl/N-ethyl adjacent to an activating group) is 1. The Labute approximate surface area is 114 Å². The molecule has 2 aromatic heterocycles.